The van der Waals surface area contributed by atoms with Crippen molar-refractivity contribution in [1.29, 1.82) is 0 Å². The van der Waals surface area contributed by atoms with Gasteiger partial charge in [0, 0.05) is 5.02 Å². The summed E-state index contributed by atoms with van der Waals surface area (Å²) >= 11 is 8.42. The van der Waals surface area contributed by atoms with Crippen molar-refractivity contribution in [3.8, 4) is 10.7 Å². The number of amides is 1. The van der Waals surface area contributed by atoms with E-state index >= 15 is 0 Å². The van der Waals surface area contributed by atoms with Gasteiger partial charge in [0.25, 0.3) is 0 Å². The number of hydrogen-bond acceptors (Lipinski definition) is 5. The molecule has 3 aromatic rings. The number of hydrogen-bond donors (Lipinski definition) is 2. The smallest absolute Gasteiger partial charge is 0.237 e. The molecular weight excluding hydrogens is 371 g/mol. The summed E-state index contributed by atoms with van der Waals surface area (Å²) in [5, 5.41) is 11.6. The summed E-state index contributed by atoms with van der Waals surface area (Å²) in [7, 11) is 0. The maximum atomic E-state index is 13.7. The van der Waals surface area contributed by atoms with Gasteiger partial charge in [0.2, 0.25) is 11.1 Å². The minimum absolute atomic E-state index is 0.0890. The second-order valence-corrected chi connectivity index (χ2v) is 7.51. The molecule has 0 aliphatic rings. The Kier molecular flexibility index (Phi) is 5.17. The first kappa shape index (κ1) is 16.9. The Hall–Kier alpha value is -1.90. The predicted octanol–water partition coefficient (Wildman–Crippen LogP) is 4.45. The lowest BCUT2D eigenvalue weighted by Gasteiger charge is -2.10. The van der Waals surface area contributed by atoms with Gasteiger partial charge >= 0.3 is 0 Å². The lowest BCUT2D eigenvalue weighted by Crippen LogP contribution is -2.23. The second-order valence-electron chi connectivity index (χ2n) is 4.82. The SMILES string of the molecule is C[C@H](Sc1n[nH]c(-c2cccs2)n1)C(=O)Nc1ccc(Cl)cc1F. The number of carbonyl (C=O) groups excluding carboxylic acids is 1. The summed E-state index contributed by atoms with van der Waals surface area (Å²) < 4.78 is 13.7. The summed E-state index contributed by atoms with van der Waals surface area (Å²) in [4.78, 5) is 17.5. The zero-order valence-electron chi connectivity index (χ0n) is 12.4. The van der Waals surface area contributed by atoms with Crippen molar-refractivity contribution < 1.29 is 9.18 Å². The molecule has 1 aromatic carbocycles. The number of aromatic nitrogens is 3. The van der Waals surface area contributed by atoms with Crippen LogP contribution in [0.4, 0.5) is 10.1 Å². The molecule has 0 radical (unpaired) electrons. The van der Waals surface area contributed by atoms with Crippen LogP contribution in [0.2, 0.25) is 5.02 Å². The molecular formula is C15H12ClFN4OS2. The van der Waals surface area contributed by atoms with Crippen LogP contribution < -0.4 is 5.32 Å². The Labute approximate surface area is 150 Å². The number of benzene rings is 1. The first-order valence-corrected chi connectivity index (χ1v) is 9.05. The molecule has 0 saturated heterocycles. The molecule has 0 bridgehead atoms. The lowest BCUT2D eigenvalue weighted by atomic mass is 10.3. The number of thioether (sulfide) groups is 1. The number of aromatic amines is 1. The average molecular weight is 383 g/mol. The molecule has 124 valence electrons. The maximum Gasteiger partial charge on any atom is 0.237 e. The molecule has 0 unspecified atom stereocenters. The number of H-pyrrole nitrogens is 1. The van der Waals surface area contributed by atoms with Gasteiger partial charge < -0.3 is 5.32 Å². The van der Waals surface area contributed by atoms with Crippen LogP contribution in [0.25, 0.3) is 10.7 Å². The Bertz CT molecular complexity index is 853. The number of halogens is 2. The van der Waals surface area contributed by atoms with Crippen LogP contribution >= 0.6 is 34.7 Å². The zero-order valence-corrected chi connectivity index (χ0v) is 14.8. The molecule has 0 saturated carbocycles. The van der Waals surface area contributed by atoms with E-state index in [1.165, 1.54) is 23.9 Å². The maximum absolute atomic E-state index is 13.7. The highest BCUT2D eigenvalue weighted by Crippen LogP contribution is 2.26. The van der Waals surface area contributed by atoms with Gasteiger partial charge in [-0.1, -0.05) is 29.4 Å². The van der Waals surface area contributed by atoms with E-state index in [1.54, 1.807) is 18.3 Å². The fourth-order valence-electron chi connectivity index (χ4n) is 1.86. The van der Waals surface area contributed by atoms with Gasteiger partial charge in [-0.15, -0.1) is 16.4 Å². The van der Waals surface area contributed by atoms with Gasteiger partial charge in [-0.05, 0) is 36.6 Å². The van der Waals surface area contributed by atoms with Crippen LogP contribution in [0.15, 0.2) is 40.9 Å². The first-order valence-electron chi connectivity index (χ1n) is 6.92. The number of nitrogens with zero attached hydrogens (tertiary/aromatic N) is 2. The monoisotopic (exact) mass is 382 g/mol. The largest absolute Gasteiger partial charge is 0.323 e. The Balaban J connectivity index is 1.64. The van der Waals surface area contributed by atoms with E-state index in [-0.39, 0.29) is 16.6 Å². The van der Waals surface area contributed by atoms with Crippen molar-refractivity contribution >= 4 is 46.3 Å². The molecule has 0 fully saturated rings. The normalized spacial score (nSPS) is 12.1. The van der Waals surface area contributed by atoms with E-state index in [0.29, 0.717) is 11.0 Å². The van der Waals surface area contributed by atoms with E-state index in [4.69, 9.17) is 11.6 Å². The van der Waals surface area contributed by atoms with Gasteiger partial charge in [-0.3, -0.25) is 9.89 Å². The molecule has 5 nitrogen and oxygen atoms in total. The standard InChI is InChI=1S/C15H12ClFN4OS2/c1-8(14(22)18-11-5-4-9(16)7-10(11)17)24-15-19-13(20-21-15)12-3-2-6-23-12/h2-8H,1H3,(H,18,22)(H,19,20,21)/t8-/m0/s1. The average Bonchev–Trinajstić information content (AvgIpc) is 3.20. The molecule has 2 aromatic heterocycles. The lowest BCUT2D eigenvalue weighted by molar-refractivity contribution is -0.115. The molecule has 1 atom stereocenters. The van der Waals surface area contributed by atoms with E-state index in [2.05, 4.69) is 20.5 Å². The summed E-state index contributed by atoms with van der Waals surface area (Å²) in [6.07, 6.45) is 0. The van der Waals surface area contributed by atoms with E-state index < -0.39 is 11.1 Å². The highest BCUT2D eigenvalue weighted by molar-refractivity contribution is 8.00. The number of rotatable bonds is 5. The predicted molar refractivity (Wildman–Crippen MR) is 95.1 cm³/mol. The third kappa shape index (κ3) is 3.95. The van der Waals surface area contributed by atoms with Gasteiger partial charge in [0.15, 0.2) is 5.82 Å². The molecule has 9 heteroatoms. The van der Waals surface area contributed by atoms with Crippen molar-refractivity contribution in [3.63, 3.8) is 0 Å². The van der Waals surface area contributed by atoms with Crippen molar-refractivity contribution in [3.05, 3.63) is 46.6 Å². The van der Waals surface area contributed by atoms with Crippen molar-refractivity contribution in [2.75, 3.05) is 5.32 Å². The van der Waals surface area contributed by atoms with Crippen LogP contribution in [0.3, 0.4) is 0 Å². The second kappa shape index (κ2) is 7.33. The number of anilines is 1. The third-order valence-electron chi connectivity index (χ3n) is 3.06. The summed E-state index contributed by atoms with van der Waals surface area (Å²) in [6.45, 7) is 1.70. The van der Waals surface area contributed by atoms with Crippen LogP contribution in [0.5, 0.6) is 0 Å². The summed E-state index contributed by atoms with van der Waals surface area (Å²) in [5.41, 5.74) is 0.0890. The summed E-state index contributed by atoms with van der Waals surface area (Å²) in [5.74, 6) is -0.265. The van der Waals surface area contributed by atoms with Gasteiger partial charge in [0.05, 0.1) is 15.8 Å². The molecule has 0 aliphatic carbocycles. The van der Waals surface area contributed by atoms with Gasteiger partial charge in [-0.2, -0.15) is 0 Å². The van der Waals surface area contributed by atoms with E-state index in [0.717, 1.165) is 10.9 Å². The van der Waals surface area contributed by atoms with E-state index in [9.17, 15) is 9.18 Å². The number of nitrogens with one attached hydrogen (secondary N) is 2. The quantitative estimate of drug-likeness (QED) is 0.640. The number of thiophene rings is 1. The molecule has 0 aliphatic heterocycles. The zero-order chi connectivity index (χ0) is 17.1. The van der Waals surface area contributed by atoms with Crippen LogP contribution in [-0.4, -0.2) is 26.3 Å². The molecule has 2 N–H and O–H groups in total. The molecule has 0 spiro atoms. The molecule has 24 heavy (non-hydrogen) atoms. The van der Waals surface area contributed by atoms with Crippen LogP contribution in [-0.2, 0) is 4.79 Å². The first-order chi connectivity index (χ1) is 11.5. The van der Waals surface area contributed by atoms with Crippen molar-refractivity contribution in [1.82, 2.24) is 15.2 Å². The van der Waals surface area contributed by atoms with Crippen LogP contribution in [0.1, 0.15) is 6.92 Å². The topological polar surface area (TPSA) is 70.7 Å². The Morgan fingerprint density at radius 2 is 2.29 bits per heavy atom. The summed E-state index contributed by atoms with van der Waals surface area (Å²) in [6, 6.07) is 7.94. The minimum Gasteiger partial charge on any atom is -0.323 e. The van der Waals surface area contributed by atoms with Gasteiger partial charge in [-0.25, -0.2) is 9.37 Å². The fourth-order valence-corrected chi connectivity index (χ4v) is 3.41. The number of carbonyl (C=O) groups is 1. The molecule has 2 heterocycles. The van der Waals surface area contributed by atoms with E-state index in [1.807, 2.05) is 17.5 Å². The Morgan fingerprint density at radius 3 is 3.00 bits per heavy atom. The highest BCUT2D eigenvalue weighted by atomic mass is 35.5. The third-order valence-corrected chi connectivity index (χ3v) is 5.13. The highest BCUT2D eigenvalue weighted by Gasteiger charge is 2.19. The molecule has 3 rings (SSSR count). The minimum atomic E-state index is -0.578. The Morgan fingerprint density at radius 1 is 1.46 bits per heavy atom. The van der Waals surface area contributed by atoms with Gasteiger partial charge in [0.1, 0.15) is 5.82 Å². The molecule has 1 amide bonds. The van der Waals surface area contributed by atoms with Crippen molar-refractivity contribution in [2.45, 2.75) is 17.3 Å². The van der Waals surface area contributed by atoms with Crippen molar-refractivity contribution in [2.24, 2.45) is 0 Å². The fraction of sp³-hybridized carbons (Fsp3) is 0.133. The van der Waals surface area contributed by atoms with Crippen LogP contribution in [0, 0.1) is 5.82 Å².